The Hall–Kier alpha value is -0.890. The first-order valence-electron chi connectivity index (χ1n) is 4.06. The summed E-state index contributed by atoms with van der Waals surface area (Å²) in [6.07, 6.45) is 0.225. The van der Waals surface area contributed by atoms with Gasteiger partial charge in [-0.2, -0.15) is 0 Å². The van der Waals surface area contributed by atoms with Crippen LogP contribution in [0, 0.1) is 19.7 Å². The lowest BCUT2D eigenvalue weighted by Gasteiger charge is -2.03. The van der Waals surface area contributed by atoms with Crippen molar-refractivity contribution in [2.45, 2.75) is 20.0 Å². The SMILES string of the molecule is Cc1cc([C@H]2CO2)cc(C)c1F. The standard InChI is InChI=1S/C10H11FO/c1-6-3-8(9-5-12-9)4-7(2)10(6)11/h3-4,9H,5H2,1-2H3/t9-/m1/s1. The summed E-state index contributed by atoms with van der Waals surface area (Å²) in [5.41, 5.74) is 2.52. The molecular weight excluding hydrogens is 155 g/mol. The van der Waals surface area contributed by atoms with Crippen molar-refractivity contribution < 1.29 is 9.13 Å². The molecule has 1 heterocycles. The van der Waals surface area contributed by atoms with Crippen molar-refractivity contribution in [3.05, 3.63) is 34.6 Å². The molecule has 0 amide bonds. The number of rotatable bonds is 1. The molecule has 0 aromatic heterocycles. The van der Waals surface area contributed by atoms with E-state index in [-0.39, 0.29) is 11.9 Å². The second kappa shape index (κ2) is 2.56. The van der Waals surface area contributed by atoms with Crippen LogP contribution in [0.4, 0.5) is 4.39 Å². The van der Waals surface area contributed by atoms with Gasteiger partial charge in [0.05, 0.1) is 6.61 Å². The second-order valence-electron chi connectivity index (χ2n) is 3.29. The molecule has 0 spiro atoms. The van der Waals surface area contributed by atoms with Gasteiger partial charge < -0.3 is 4.74 Å². The summed E-state index contributed by atoms with van der Waals surface area (Å²) >= 11 is 0. The molecule has 0 N–H and O–H groups in total. The summed E-state index contributed by atoms with van der Waals surface area (Å²) in [6.45, 7) is 4.35. The van der Waals surface area contributed by atoms with E-state index in [1.807, 2.05) is 12.1 Å². The van der Waals surface area contributed by atoms with Gasteiger partial charge in [-0.15, -0.1) is 0 Å². The smallest absolute Gasteiger partial charge is 0.129 e. The first kappa shape index (κ1) is 7.74. The fourth-order valence-corrected chi connectivity index (χ4v) is 1.41. The maximum absolute atomic E-state index is 13.2. The first-order valence-corrected chi connectivity index (χ1v) is 4.06. The molecule has 1 fully saturated rings. The van der Waals surface area contributed by atoms with Crippen LogP contribution in [0.15, 0.2) is 12.1 Å². The third-order valence-corrected chi connectivity index (χ3v) is 2.16. The molecule has 0 aliphatic carbocycles. The summed E-state index contributed by atoms with van der Waals surface area (Å²) in [6, 6.07) is 3.72. The summed E-state index contributed by atoms with van der Waals surface area (Å²) in [5.74, 6) is -0.0978. The van der Waals surface area contributed by atoms with Gasteiger partial charge in [-0.3, -0.25) is 0 Å². The molecule has 0 bridgehead atoms. The number of epoxide rings is 1. The van der Waals surface area contributed by atoms with E-state index < -0.39 is 0 Å². The van der Waals surface area contributed by atoms with Crippen molar-refractivity contribution in [2.24, 2.45) is 0 Å². The molecular formula is C10H11FO. The van der Waals surface area contributed by atoms with Gasteiger partial charge in [0.25, 0.3) is 0 Å². The Kier molecular flexibility index (Phi) is 1.65. The highest BCUT2D eigenvalue weighted by molar-refractivity contribution is 5.32. The van der Waals surface area contributed by atoms with Crippen LogP contribution in [0.2, 0.25) is 0 Å². The molecule has 1 aromatic rings. The van der Waals surface area contributed by atoms with Crippen LogP contribution in [-0.4, -0.2) is 6.61 Å². The quantitative estimate of drug-likeness (QED) is 0.584. The van der Waals surface area contributed by atoms with Crippen molar-refractivity contribution >= 4 is 0 Å². The highest BCUT2D eigenvalue weighted by atomic mass is 19.1. The minimum Gasteiger partial charge on any atom is -0.368 e. The predicted octanol–water partition coefficient (Wildman–Crippen LogP) is 2.51. The van der Waals surface area contributed by atoms with E-state index in [9.17, 15) is 4.39 Å². The van der Waals surface area contributed by atoms with Crippen LogP contribution in [0.1, 0.15) is 22.8 Å². The van der Waals surface area contributed by atoms with Crippen LogP contribution in [-0.2, 0) is 4.74 Å². The maximum atomic E-state index is 13.2. The lowest BCUT2D eigenvalue weighted by molar-refractivity contribution is 0.415. The van der Waals surface area contributed by atoms with E-state index in [2.05, 4.69) is 0 Å². The molecule has 1 atom stereocenters. The second-order valence-corrected chi connectivity index (χ2v) is 3.29. The molecule has 1 saturated heterocycles. The Morgan fingerprint density at radius 3 is 2.25 bits per heavy atom. The summed E-state index contributed by atoms with van der Waals surface area (Å²) in [7, 11) is 0. The Labute approximate surface area is 71.2 Å². The highest BCUT2D eigenvalue weighted by Crippen LogP contribution is 2.31. The number of hydrogen-bond acceptors (Lipinski definition) is 1. The Morgan fingerprint density at radius 2 is 1.83 bits per heavy atom. The van der Waals surface area contributed by atoms with E-state index in [1.54, 1.807) is 13.8 Å². The van der Waals surface area contributed by atoms with E-state index in [0.717, 1.165) is 12.2 Å². The number of aryl methyl sites for hydroxylation is 2. The molecule has 64 valence electrons. The van der Waals surface area contributed by atoms with Gasteiger partial charge in [-0.05, 0) is 30.5 Å². The average molecular weight is 166 g/mol. The van der Waals surface area contributed by atoms with Crippen LogP contribution in [0.3, 0.4) is 0 Å². The topological polar surface area (TPSA) is 12.5 Å². The molecule has 0 saturated carbocycles. The summed E-state index contributed by atoms with van der Waals surface area (Å²) < 4.78 is 18.3. The third kappa shape index (κ3) is 1.23. The molecule has 2 heteroatoms. The van der Waals surface area contributed by atoms with Crippen molar-refractivity contribution in [1.29, 1.82) is 0 Å². The van der Waals surface area contributed by atoms with Crippen molar-refractivity contribution in [1.82, 2.24) is 0 Å². The lowest BCUT2D eigenvalue weighted by Crippen LogP contribution is -1.91. The van der Waals surface area contributed by atoms with E-state index in [1.165, 1.54) is 0 Å². The van der Waals surface area contributed by atoms with E-state index in [4.69, 9.17) is 4.74 Å². The molecule has 1 aliphatic heterocycles. The average Bonchev–Trinajstić information content (AvgIpc) is 2.81. The van der Waals surface area contributed by atoms with Crippen molar-refractivity contribution in [3.8, 4) is 0 Å². The fraction of sp³-hybridized carbons (Fsp3) is 0.400. The Morgan fingerprint density at radius 1 is 1.33 bits per heavy atom. The number of benzene rings is 1. The third-order valence-electron chi connectivity index (χ3n) is 2.16. The first-order chi connectivity index (χ1) is 5.68. The Balaban J connectivity index is 2.45. The van der Waals surface area contributed by atoms with E-state index in [0.29, 0.717) is 11.1 Å². The monoisotopic (exact) mass is 166 g/mol. The molecule has 2 rings (SSSR count). The molecule has 1 aliphatic rings. The minimum absolute atomic E-state index is 0.0978. The van der Waals surface area contributed by atoms with Gasteiger partial charge in [0.2, 0.25) is 0 Å². The van der Waals surface area contributed by atoms with Crippen LogP contribution in [0.5, 0.6) is 0 Å². The van der Waals surface area contributed by atoms with E-state index >= 15 is 0 Å². The number of halogens is 1. The minimum atomic E-state index is -0.0978. The number of ether oxygens (including phenoxy) is 1. The zero-order valence-electron chi connectivity index (χ0n) is 7.23. The van der Waals surface area contributed by atoms with Gasteiger partial charge in [-0.1, -0.05) is 12.1 Å². The van der Waals surface area contributed by atoms with Crippen LogP contribution in [0.25, 0.3) is 0 Å². The predicted molar refractivity (Wildman–Crippen MR) is 44.6 cm³/mol. The largest absolute Gasteiger partial charge is 0.368 e. The van der Waals surface area contributed by atoms with Gasteiger partial charge >= 0.3 is 0 Å². The Bertz CT molecular complexity index is 293. The summed E-state index contributed by atoms with van der Waals surface area (Å²) in [5, 5.41) is 0. The molecule has 1 nitrogen and oxygen atoms in total. The molecule has 0 radical (unpaired) electrons. The van der Waals surface area contributed by atoms with Gasteiger partial charge in [-0.25, -0.2) is 4.39 Å². The number of hydrogen-bond donors (Lipinski definition) is 0. The van der Waals surface area contributed by atoms with Gasteiger partial charge in [0.15, 0.2) is 0 Å². The molecule has 1 aromatic carbocycles. The molecule has 0 unspecified atom stereocenters. The molecule has 12 heavy (non-hydrogen) atoms. The van der Waals surface area contributed by atoms with Crippen molar-refractivity contribution in [3.63, 3.8) is 0 Å². The van der Waals surface area contributed by atoms with Crippen LogP contribution < -0.4 is 0 Å². The van der Waals surface area contributed by atoms with Gasteiger partial charge in [0, 0.05) is 0 Å². The normalized spacial score (nSPS) is 21.1. The maximum Gasteiger partial charge on any atom is 0.129 e. The van der Waals surface area contributed by atoms with Gasteiger partial charge in [0.1, 0.15) is 11.9 Å². The zero-order valence-corrected chi connectivity index (χ0v) is 7.23. The zero-order chi connectivity index (χ0) is 8.72. The fourth-order valence-electron chi connectivity index (χ4n) is 1.41. The van der Waals surface area contributed by atoms with Crippen molar-refractivity contribution in [2.75, 3.05) is 6.61 Å². The lowest BCUT2D eigenvalue weighted by atomic mass is 10.0. The van der Waals surface area contributed by atoms with Crippen LogP contribution >= 0.6 is 0 Å². The highest BCUT2D eigenvalue weighted by Gasteiger charge is 2.25. The summed E-state index contributed by atoms with van der Waals surface area (Å²) in [4.78, 5) is 0.